The minimum atomic E-state index is -3.61. The maximum Gasteiger partial charge on any atom is 0.276 e. The standard InChI is InChI=1S/C15H18N2O3S/c1-2-20-12-6-8-13(9-7-12)21(18,19)17-16-15-10-11-4-3-5-14(11)15/h3-4,6-9,11,14,17H,2,5,10H2,1H3/b16-15+/t11-,14-/m1/s1. The molecular formula is C15H18N2O3S. The molecule has 0 saturated heterocycles. The Hall–Kier alpha value is -1.82. The number of ether oxygens (including phenoxy) is 1. The molecule has 2 aliphatic carbocycles. The molecule has 112 valence electrons. The zero-order chi connectivity index (χ0) is 14.9. The van der Waals surface area contributed by atoms with Crippen molar-refractivity contribution in [1.29, 1.82) is 0 Å². The number of hydrazone groups is 1. The zero-order valence-corrected chi connectivity index (χ0v) is 12.6. The first-order valence-corrected chi connectivity index (χ1v) is 8.56. The van der Waals surface area contributed by atoms with Crippen LogP contribution in [0.5, 0.6) is 5.75 Å². The van der Waals surface area contributed by atoms with E-state index in [1.165, 1.54) is 12.1 Å². The van der Waals surface area contributed by atoms with Crippen LogP contribution in [-0.2, 0) is 10.0 Å². The van der Waals surface area contributed by atoms with Crippen molar-refractivity contribution in [2.45, 2.75) is 24.7 Å². The summed E-state index contributed by atoms with van der Waals surface area (Å²) in [4.78, 5) is 2.52. The Labute approximate surface area is 124 Å². The van der Waals surface area contributed by atoms with Gasteiger partial charge in [0.05, 0.1) is 11.5 Å². The highest BCUT2D eigenvalue weighted by atomic mass is 32.2. The van der Waals surface area contributed by atoms with Crippen molar-refractivity contribution >= 4 is 15.7 Å². The van der Waals surface area contributed by atoms with Gasteiger partial charge in [0.15, 0.2) is 0 Å². The zero-order valence-electron chi connectivity index (χ0n) is 11.8. The molecule has 1 N–H and O–H groups in total. The van der Waals surface area contributed by atoms with Crippen LogP contribution in [0.15, 0.2) is 46.4 Å². The second-order valence-electron chi connectivity index (χ2n) is 5.24. The summed E-state index contributed by atoms with van der Waals surface area (Å²) in [5, 5.41) is 4.09. The van der Waals surface area contributed by atoms with Crippen LogP contribution < -0.4 is 9.57 Å². The van der Waals surface area contributed by atoms with Gasteiger partial charge in [-0.1, -0.05) is 12.2 Å². The number of hydrogen-bond acceptors (Lipinski definition) is 4. The molecule has 0 aliphatic heterocycles. The number of benzene rings is 1. The first-order chi connectivity index (χ1) is 10.1. The highest BCUT2D eigenvalue weighted by molar-refractivity contribution is 7.89. The van der Waals surface area contributed by atoms with Crippen molar-refractivity contribution in [2.24, 2.45) is 16.9 Å². The van der Waals surface area contributed by atoms with Crippen LogP contribution in [-0.4, -0.2) is 20.7 Å². The third-order valence-electron chi connectivity index (χ3n) is 3.92. The molecule has 0 spiro atoms. The molecule has 1 fully saturated rings. The molecule has 0 unspecified atom stereocenters. The number of nitrogens with one attached hydrogen (secondary N) is 1. The van der Waals surface area contributed by atoms with Crippen molar-refractivity contribution in [3.63, 3.8) is 0 Å². The molecule has 2 aliphatic rings. The van der Waals surface area contributed by atoms with E-state index in [4.69, 9.17) is 4.74 Å². The van der Waals surface area contributed by atoms with Crippen molar-refractivity contribution in [1.82, 2.24) is 4.83 Å². The van der Waals surface area contributed by atoms with Gasteiger partial charge < -0.3 is 4.74 Å². The summed E-state index contributed by atoms with van der Waals surface area (Å²) in [6.07, 6.45) is 6.14. The fraction of sp³-hybridized carbons (Fsp3) is 0.400. The molecule has 0 amide bonds. The lowest BCUT2D eigenvalue weighted by molar-refractivity contribution is 0.340. The van der Waals surface area contributed by atoms with Crippen LogP contribution in [0.2, 0.25) is 0 Å². The van der Waals surface area contributed by atoms with Crippen LogP contribution >= 0.6 is 0 Å². The molecule has 1 aromatic rings. The maximum atomic E-state index is 12.2. The molecule has 0 aromatic heterocycles. The number of allylic oxidation sites excluding steroid dienone is 2. The monoisotopic (exact) mass is 306 g/mol. The molecule has 5 nitrogen and oxygen atoms in total. The van der Waals surface area contributed by atoms with E-state index < -0.39 is 10.0 Å². The predicted octanol–water partition coefficient (Wildman–Crippen LogP) is 2.32. The van der Waals surface area contributed by atoms with Gasteiger partial charge in [-0.05, 0) is 49.9 Å². The van der Waals surface area contributed by atoms with E-state index >= 15 is 0 Å². The molecule has 3 rings (SSSR count). The number of hydrogen-bond donors (Lipinski definition) is 1. The fourth-order valence-electron chi connectivity index (χ4n) is 2.72. The van der Waals surface area contributed by atoms with Crippen LogP contribution in [0.3, 0.4) is 0 Å². The number of sulfonamides is 1. The lowest BCUT2D eigenvalue weighted by Crippen LogP contribution is -2.35. The second kappa shape index (κ2) is 5.52. The van der Waals surface area contributed by atoms with Crippen molar-refractivity contribution in [3.8, 4) is 5.75 Å². The lowest BCUT2D eigenvalue weighted by atomic mass is 9.74. The molecule has 0 radical (unpaired) electrons. The Morgan fingerprint density at radius 2 is 2.10 bits per heavy atom. The SMILES string of the molecule is CCOc1ccc(S(=O)(=O)N/N=C2\C[C@H]3C=CC[C@@H]23)cc1. The molecule has 1 saturated carbocycles. The average Bonchev–Trinajstić information content (AvgIpc) is 2.81. The maximum absolute atomic E-state index is 12.2. The Bertz CT molecular complexity index is 677. The molecule has 0 heterocycles. The smallest absolute Gasteiger partial charge is 0.276 e. The first-order valence-electron chi connectivity index (χ1n) is 7.08. The van der Waals surface area contributed by atoms with Crippen LogP contribution in [0, 0.1) is 11.8 Å². The predicted molar refractivity (Wildman–Crippen MR) is 80.7 cm³/mol. The van der Waals surface area contributed by atoms with Gasteiger partial charge in [-0.15, -0.1) is 0 Å². The Morgan fingerprint density at radius 3 is 2.76 bits per heavy atom. The highest BCUT2D eigenvalue weighted by Gasteiger charge is 2.38. The van der Waals surface area contributed by atoms with Gasteiger partial charge in [-0.2, -0.15) is 13.5 Å². The number of rotatable bonds is 5. The van der Waals surface area contributed by atoms with Crippen LogP contribution in [0.4, 0.5) is 0 Å². The van der Waals surface area contributed by atoms with Gasteiger partial charge >= 0.3 is 0 Å². The quantitative estimate of drug-likeness (QED) is 0.670. The summed E-state index contributed by atoms with van der Waals surface area (Å²) in [5.41, 5.74) is 0.944. The van der Waals surface area contributed by atoms with Gasteiger partial charge in [0.1, 0.15) is 5.75 Å². The molecular weight excluding hydrogens is 288 g/mol. The Balaban J connectivity index is 1.68. The fourth-order valence-corrected chi connectivity index (χ4v) is 3.55. The largest absolute Gasteiger partial charge is 0.494 e. The van der Waals surface area contributed by atoms with Crippen LogP contribution in [0.25, 0.3) is 0 Å². The van der Waals surface area contributed by atoms with E-state index in [1.54, 1.807) is 12.1 Å². The van der Waals surface area contributed by atoms with Gasteiger partial charge in [0.25, 0.3) is 10.0 Å². The van der Waals surface area contributed by atoms with E-state index in [1.807, 2.05) is 6.92 Å². The van der Waals surface area contributed by atoms with E-state index in [0.717, 1.165) is 18.6 Å². The average molecular weight is 306 g/mol. The van der Waals surface area contributed by atoms with E-state index in [-0.39, 0.29) is 4.90 Å². The van der Waals surface area contributed by atoms with Crippen molar-refractivity contribution in [2.75, 3.05) is 6.61 Å². The lowest BCUT2D eigenvalue weighted by Gasteiger charge is -2.31. The molecule has 0 bridgehead atoms. The summed E-state index contributed by atoms with van der Waals surface area (Å²) >= 11 is 0. The van der Waals surface area contributed by atoms with Gasteiger partial charge in [0, 0.05) is 11.6 Å². The highest BCUT2D eigenvalue weighted by Crippen LogP contribution is 2.40. The first kappa shape index (κ1) is 14.1. The minimum Gasteiger partial charge on any atom is -0.494 e. The Kier molecular flexibility index (Phi) is 3.71. The molecule has 21 heavy (non-hydrogen) atoms. The summed E-state index contributed by atoms with van der Waals surface area (Å²) in [6.45, 7) is 2.43. The summed E-state index contributed by atoms with van der Waals surface area (Å²) in [7, 11) is -3.61. The van der Waals surface area contributed by atoms with Gasteiger partial charge in [-0.3, -0.25) is 0 Å². The van der Waals surface area contributed by atoms with Gasteiger partial charge in [0.2, 0.25) is 0 Å². The molecule has 6 heteroatoms. The second-order valence-corrected chi connectivity index (χ2v) is 6.90. The van der Waals surface area contributed by atoms with E-state index in [0.29, 0.717) is 24.2 Å². The third kappa shape index (κ3) is 2.81. The van der Waals surface area contributed by atoms with Crippen molar-refractivity contribution in [3.05, 3.63) is 36.4 Å². The number of nitrogens with zero attached hydrogens (tertiary/aromatic N) is 1. The van der Waals surface area contributed by atoms with Gasteiger partial charge in [-0.25, -0.2) is 4.83 Å². The number of fused-ring (bicyclic) bond motifs is 1. The van der Waals surface area contributed by atoms with E-state index in [9.17, 15) is 8.42 Å². The minimum absolute atomic E-state index is 0.190. The van der Waals surface area contributed by atoms with Crippen LogP contribution in [0.1, 0.15) is 19.8 Å². The topological polar surface area (TPSA) is 67.8 Å². The summed E-state index contributed by atoms with van der Waals surface area (Å²) in [5.74, 6) is 1.60. The molecule has 1 aromatic carbocycles. The summed E-state index contributed by atoms with van der Waals surface area (Å²) in [6, 6.07) is 6.33. The van der Waals surface area contributed by atoms with E-state index in [2.05, 4.69) is 22.1 Å². The Morgan fingerprint density at radius 1 is 1.33 bits per heavy atom. The van der Waals surface area contributed by atoms with Crippen molar-refractivity contribution < 1.29 is 13.2 Å². The summed E-state index contributed by atoms with van der Waals surface area (Å²) < 4.78 is 29.6. The third-order valence-corrected chi connectivity index (χ3v) is 5.14. The normalized spacial score (nSPS) is 25.5. The molecule has 2 atom stereocenters.